The zero-order chi connectivity index (χ0) is 12.3. The van der Waals surface area contributed by atoms with Gasteiger partial charge in [-0.1, -0.05) is 0 Å². The minimum absolute atomic E-state index is 0.0287. The average Bonchev–Trinajstić information content (AvgIpc) is 2.86. The molecule has 0 aromatic carbocycles. The first kappa shape index (κ1) is 11.9. The number of carbonyl (C=O) groups is 1. The number of likely N-dealkylation sites (tertiary alicyclic amines) is 1. The van der Waals surface area contributed by atoms with E-state index < -0.39 is 0 Å². The number of hydrogen-bond donors (Lipinski definition) is 2. The summed E-state index contributed by atoms with van der Waals surface area (Å²) in [6.45, 7) is 0.739. The minimum Gasteiger partial charge on any atom is -0.394 e. The molecule has 2 heterocycles. The van der Waals surface area contributed by atoms with Gasteiger partial charge in [0.05, 0.1) is 18.2 Å². The van der Waals surface area contributed by atoms with E-state index in [4.69, 9.17) is 0 Å². The van der Waals surface area contributed by atoms with Gasteiger partial charge in [0.25, 0.3) is 5.91 Å². The Bertz CT molecular complexity index is 408. The maximum Gasteiger partial charge on any atom is 0.257 e. The Morgan fingerprint density at radius 2 is 2.53 bits per heavy atom. The standard InChI is InChI=1S/C12H17N3O2/c1-13-11-10(5-2-6-14-11)12(17)15-7-3-4-9(15)8-16/h2,5-6,9,16H,3-4,7-8H2,1H3,(H,13,14). The zero-order valence-corrected chi connectivity index (χ0v) is 9.89. The van der Waals surface area contributed by atoms with Crippen LogP contribution in [0.3, 0.4) is 0 Å². The fourth-order valence-electron chi connectivity index (χ4n) is 2.22. The van der Waals surface area contributed by atoms with Crippen molar-refractivity contribution in [3.8, 4) is 0 Å². The van der Waals surface area contributed by atoms with Gasteiger partial charge in [-0.25, -0.2) is 4.98 Å². The van der Waals surface area contributed by atoms with Crippen molar-refractivity contribution in [2.45, 2.75) is 18.9 Å². The largest absolute Gasteiger partial charge is 0.394 e. The Morgan fingerprint density at radius 1 is 1.71 bits per heavy atom. The summed E-state index contributed by atoms with van der Waals surface area (Å²) >= 11 is 0. The van der Waals surface area contributed by atoms with Crippen LogP contribution in [0, 0.1) is 0 Å². The third-order valence-corrected chi connectivity index (χ3v) is 3.12. The van der Waals surface area contributed by atoms with Crippen LogP contribution in [0.2, 0.25) is 0 Å². The number of amides is 1. The summed E-state index contributed by atoms with van der Waals surface area (Å²) in [5.41, 5.74) is 0.565. The maximum absolute atomic E-state index is 12.3. The number of aromatic nitrogens is 1. The lowest BCUT2D eigenvalue weighted by atomic mass is 10.2. The van der Waals surface area contributed by atoms with Crippen molar-refractivity contribution in [3.63, 3.8) is 0 Å². The summed E-state index contributed by atoms with van der Waals surface area (Å²) in [6, 6.07) is 3.46. The number of nitrogens with zero attached hydrogens (tertiary/aromatic N) is 2. The molecule has 0 saturated carbocycles. The van der Waals surface area contributed by atoms with Crippen LogP contribution in [0.5, 0.6) is 0 Å². The van der Waals surface area contributed by atoms with Crippen molar-refractivity contribution in [2.75, 3.05) is 25.5 Å². The van der Waals surface area contributed by atoms with E-state index in [1.165, 1.54) is 0 Å². The van der Waals surface area contributed by atoms with Gasteiger partial charge in [0.1, 0.15) is 5.82 Å². The summed E-state index contributed by atoms with van der Waals surface area (Å²) < 4.78 is 0. The quantitative estimate of drug-likeness (QED) is 0.810. The van der Waals surface area contributed by atoms with Crippen LogP contribution in [0.1, 0.15) is 23.2 Å². The molecule has 1 aliphatic heterocycles. The third kappa shape index (κ3) is 2.24. The number of anilines is 1. The lowest BCUT2D eigenvalue weighted by Crippen LogP contribution is -2.38. The van der Waals surface area contributed by atoms with Gasteiger partial charge in [0.2, 0.25) is 0 Å². The second kappa shape index (κ2) is 5.14. The fourth-order valence-corrected chi connectivity index (χ4v) is 2.22. The highest BCUT2D eigenvalue weighted by molar-refractivity contribution is 5.99. The molecule has 2 N–H and O–H groups in total. The number of aliphatic hydroxyl groups excluding tert-OH is 1. The van der Waals surface area contributed by atoms with Gasteiger partial charge < -0.3 is 15.3 Å². The normalized spacial score (nSPS) is 19.4. The summed E-state index contributed by atoms with van der Waals surface area (Å²) in [5.74, 6) is 0.528. The Labute approximate surface area is 100 Å². The molecule has 0 bridgehead atoms. The van der Waals surface area contributed by atoms with Crippen LogP contribution in [-0.2, 0) is 0 Å². The van der Waals surface area contributed by atoms with Crippen molar-refractivity contribution in [2.24, 2.45) is 0 Å². The van der Waals surface area contributed by atoms with Crippen LogP contribution < -0.4 is 5.32 Å². The average molecular weight is 235 g/mol. The number of pyridine rings is 1. The minimum atomic E-state index is -0.0565. The van der Waals surface area contributed by atoms with E-state index in [9.17, 15) is 9.90 Å². The molecular formula is C12H17N3O2. The van der Waals surface area contributed by atoms with Gasteiger partial charge in [-0.2, -0.15) is 0 Å². The molecule has 1 aliphatic rings. The van der Waals surface area contributed by atoms with E-state index in [0.29, 0.717) is 17.9 Å². The van der Waals surface area contributed by atoms with E-state index >= 15 is 0 Å². The van der Waals surface area contributed by atoms with Crippen molar-refractivity contribution in [1.29, 1.82) is 0 Å². The molecule has 0 radical (unpaired) electrons. The molecule has 1 aromatic heterocycles. The molecule has 17 heavy (non-hydrogen) atoms. The van der Waals surface area contributed by atoms with Crippen LogP contribution in [-0.4, -0.2) is 47.1 Å². The second-order valence-corrected chi connectivity index (χ2v) is 4.13. The molecule has 5 heteroatoms. The molecule has 1 amide bonds. The van der Waals surface area contributed by atoms with Crippen molar-refractivity contribution in [1.82, 2.24) is 9.88 Å². The Morgan fingerprint density at radius 3 is 3.24 bits per heavy atom. The Hall–Kier alpha value is -1.62. The van der Waals surface area contributed by atoms with Gasteiger partial charge in [-0.15, -0.1) is 0 Å². The smallest absolute Gasteiger partial charge is 0.257 e. The van der Waals surface area contributed by atoms with Crippen molar-refractivity contribution >= 4 is 11.7 Å². The van der Waals surface area contributed by atoms with E-state index in [-0.39, 0.29) is 18.6 Å². The molecule has 0 spiro atoms. The Balaban J connectivity index is 2.24. The zero-order valence-electron chi connectivity index (χ0n) is 9.89. The number of carbonyl (C=O) groups excluding carboxylic acids is 1. The van der Waals surface area contributed by atoms with Crippen LogP contribution in [0.25, 0.3) is 0 Å². The van der Waals surface area contributed by atoms with Gasteiger partial charge in [-0.3, -0.25) is 4.79 Å². The van der Waals surface area contributed by atoms with E-state index in [0.717, 1.165) is 12.8 Å². The lowest BCUT2D eigenvalue weighted by Gasteiger charge is -2.23. The molecule has 1 atom stereocenters. The highest BCUT2D eigenvalue weighted by atomic mass is 16.3. The first-order chi connectivity index (χ1) is 8.27. The van der Waals surface area contributed by atoms with E-state index in [1.54, 1.807) is 30.3 Å². The van der Waals surface area contributed by atoms with Crippen LogP contribution in [0.15, 0.2) is 18.3 Å². The molecule has 1 aromatic rings. The summed E-state index contributed by atoms with van der Waals surface area (Å²) in [5, 5.41) is 12.1. The topological polar surface area (TPSA) is 65.5 Å². The number of nitrogens with one attached hydrogen (secondary N) is 1. The third-order valence-electron chi connectivity index (χ3n) is 3.12. The molecule has 92 valence electrons. The molecule has 1 fully saturated rings. The maximum atomic E-state index is 12.3. The van der Waals surface area contributed by atoms with Gasteiger partial charge in [-0.05, 0) is 25.0 Å². The fraction of sp³-hybridized carbons (Fsp3) is 0.500. The van der Waals surface area contributed by atoms with Crippen molar-refractivity contribution in [3.05, 3.63) is 23.9 Å². The SMILES string of the molecule is CNc1ncccc1C(=O)N1CCCC1CO. The monoisotopic (exact) mass is 235 g/mol. The molecule has 0 aliphatic carbocycles. The molecule has 2 rings (SSSR count). The predicted octanol–water partition coefficient (Wildman–Crippen LogP) is 0.720. The summed E-state index contributed by atoms with van der Waals surface area (Å²) in [7, 11) is 1.74. The number of aliphatic hydroxyl groups is 1. The van der Waals surface area contributed by atoms with Gasteiger partial charge in [0.15, 0.2) is 0 Å². The summed E-state index contributed by atoms with van der Waals surface area (Å²) in [6.07, 6.45) is 3.47. The first-order valence-electron chi connectivity index (χ1n) is 5.82. The van der Waals surface area contributed by atoms with Gasteiger partial charge >= 0.3 is 0 Å². The number of rotatable bonds is 3. The van der Waals surface area contributed by atoms with Crippen LogP contribution >= 0.6 is 0 Å². The molecular weight excluding hydrogens is 218 g/mol. The highest BCUT2D eigenvalue weighted by Crippen LogP contribution is 2.22. The van der Waals surface area contributed by atoms with Gasteiger partial charge in [0, 0.05) is 19.8 Å². The predicted molar refractivity (Wildman–Crippen MR) is 64.9 cm³/mol. The molecule has 5 nitrogen and oxygen atoms in total. The summed E-state index contributed by atoms with van der Waals surface area (Å²) in [4.78, 5) is 18.2. The first-order valence-corrected chi connectivity index (χ1v) is 5.82. The molecule has 1 saturated heterocycles. The highest BCUT2D eigenvalue weighted by Gasteiger charge is 2.29. The van der Waals surface area contributed by atoms with Crippen LogP contribution in [0.4, 0.5) is 5.82 Å². The van der Waals surface area contributed by atoms with Crippen molar-refractivity contribution < 1.29 is 9.90 Å². The Kier molecular flexibility index (Phi) is 3.58. The van der Waals surface area contributed by atoms with E-state index in [2.05, 4.69) is 10.3 Å². The second-order valence-electron chi connectivity index (χ2n) is 4.13. The lowest BCUT2D eigenvalue weighted by molar-refractivity contribution is 0.0678. The van der Waals surface area contributed by atoms with E-state index in [1.807, 2.05) is 0 Å². The molecule has 1 unspecified atom stereocenters. The number of hydrogen-bond acceptors (Lipinski definition) is 4.